The highest BCUT2D eigenvalue weighted by atomic mass is 16.5. The van der Waals surface area contributed by atoms with Crippen molar-refractivity contribution in [1.82, 2.24) is 4.90 Å². The number of anilines is 1. The Morgan fingerprint density at radius 3 is 2.24 bits per heavy atom. The van der Waals surface area contributed by atoms with Crippen LogP contribution in [0.5, 0.6) is 5.75 Å². The Bertz CT molecular complexity index is 417. The number of nitrogens with zero attached hydrogens (tertiary/aromatic N) is 2. The Morgan fingerprint density at radius 1 is 0.952 bits per heavy atom. The second-order valence-electron chi connectivity index (χ2n) is 6.49. The van der Waals surface area contributed by atoms with Gasteiger partial charge in [-0.3, -0.25) is 4.90 Å². The van der Waals surface area contributed by atoms with Crippen LogP contribution >= 0.6 is 0 Å². The zero-order chi connectivity index (χ0) is 14.5. The summed E-state index contributed by atoms with van der Waals surface area (Å²) in [6, 6.07) is 8.47. The molecule has 0 bridgehead atoms. The van der Waals surface area contributed by atoms with E-state index in [1.54, 1.807) is 7.11 Å². The summed E-state index contributed by atoms with van der Waals surface area (Å²) < 4.78 is 5.23. The predicted octanol–water partition coefficient (Wildman–Crippen LogP) is 3.40. The molecule has 0 amide bonds. The molecular weight excluding hydrogens is 260 g/mol. The minimum Gasteiger partial charge on any atom is -0.497 e. The largest absolute Gasteiger partial charge is 0.497 e. The van der Waals surface area contributed by atoms with Gasteiger partial charge in [-0.1, -0.05) is 19.3 Å². The average molecular weight is 288 g/mol. The Labute approximate surface area is 128 Å². The number of methoxy groups -OCH3 is 1. The maximum Gasteiger partial charge on any atom is 0.119 e. The molecule has 1 aromatic carbocycles. The molecule has 1 heterocycles. The van der Waals surface area contributed by atoms with Gasteiger partial charge in [-0.25, -0.2) is 0 Å². The molecule has 1 aromatic rings. The summed E-state index contributed by atoms with van der Waals surface area (Å²) in [5.41, 5.74) is 1.33. The lowest BCUT2D eigenvalue weighted by molar-refractivity contribution is 0.192. The highest BCUT2D eigenvalue weighted by Gasteiger charge is 2.21. The van der Waals surface area contributed by atoms with E-state index in [1.165, 1.54) is 57.4 Å². The van der Waals surface area contributed by atoms with Gasteiger partial charge in [0.05, 0.1) is 7.11 Å². The Morgan fingerprint density at radius 2 is 1.62 bits per heavy atom. The van der Waals surface area contributed by atoms with E-state index in [4.69, 9.17) is 4.74 Å². The van der Waals surface area contributed by atoms with Crippen LogP contribution in [0, 0.1) is 5.92 Å². The first kappa shape index (κ1) is 14.7. The fourth-order valence-corrected chi connectivity index (χ4v) is 3.72. The van der Waals surface area contributed by atoms with E-state index in [1.807, 2.05) is 0 Å². The van der Waals surface area contributed by atoms with Gasteiger partial charge in [-0.05, 0) is 43.0 Å². The van der Waals surface area contributed by atoms with E-state index in [-0.39, 0.29) is 0 Å². The normalized spacial score (nSPS) is 21.5. The van der Waals surface area contributed by atoms with Crippen LogP contribution in [0.4, 0.5) is 5.69 Å². The Kier molecular flexibility index (Phi) is 5.02. The highest BCUT2D eigenvalue weighted by Crippen LogP contribution is 2.25. The third-order valence-electron chi connectivity index (χ3n) is 5.05. The van der Waals surface area contributed by atoms with Gasteiger partial charge in [-0.15, -0.1) is 0 Å². The summed E-state index contributed by atoms with van der Waals surface area (Å²) in [6.07, 6.45) is 7.28. The van der Waals surface area contributed by atoms with Crippen molar-refractivity contribution < 1.29 is 4.74 Å². The number of hydrogen-bond donors (Lipinski definition) is 0. The fraction of sp³-hybridized carbons (Fsp3) is 0.667. The molecule has 0 radical (unpaired) electrons. The molecule has 1 aliphatic heterocycles. The van der Waals surface area contributed by atoms with Gasteiger partial charge in [-0.2, -0.15) is 0 Å². The fourth-order valence-electron chi connectivity index (χ4n) is 3.72. The maximum atomic E-state index is 5.23. The van der Waals surface area contributed by atoms with Gasteiger partial charge in [0.1, 0.15) is 5.75 Å². The molecule has 0 aromatic heterocycles. The van der Waals surface area contributed by atoms with Gasteiger partial charge in [0.2, 0.25) is 0 Å². The second-order valence-corrected chi connectivity index (χ2v) is 6.49. The first-order valence-corrected chi connectivity index (χ1v) is 8.46. The molecule has 3 nitrogen and oxygen atoms in total. The maximum absolute atomic E-state index is 5.23. The summed E-state index contributed by atoms with van der Waals surface area (Å²) in [7, 11) is 1.72. The van der Waals surface area contributed by atoms with Crippen LogP contribution in [0.2, 0.25) is 0 Å². The molecule has 3 heteroatoms. The zero-order valence-corrected chi connectivity index (χ0v) is 13.3. The molecule has 2 fully saturated rings. The topological polar surface area (TPSA) is 15.7 Å². The zero-order valence-electron chi connectivity index (χ0n) is 13.3. The van der Waals surface area contributed by atoms with E-state index >= 15 is 0 Å². The van der Waals surface area contributed by atoms with E-state index in [0.29, 0.717) is 0 Å². The number of ether oxygens (including phenoxy) is 1. The number of rotatable bonds is 4. The molecule has 21 heavy (non-hydrogen) atoms. The molecule has 3 rings (SSSR count). The van der Waals surface area contributed by atoms with Crippen LogP contribution in [0.1, 0.15) is 32.1 Å². The van der Waals surface area contributed by atoms with Gasteiger partial charge in [0.25, 0.3) is 0 Å². The quantitative estimate of drug-likeness (QED) is 0.844. The summed E-state index contributed by atoms with van der Waals surface area (Å²) in [6.45, 7) is 6.06. The summed E-state index contributed by atoms with van der Waals surface area (Å²) in [5.74, 6) is 1.90. The lowest BCUT2D eigenvalue weighted by Crippen LogP contribution is -2.48. The molecule has 0 N–H and O–H groups in total. The summed E-state index contributed by atoms with van der Waals surface area (Å²) in [4.78, 5) is 5.17. The monoisotopic (exact) mass is 288 g/mol. The van der Waals surface area contributed by atoms with E-state index in [0.717, 1.165) is 24.8 Å². The minimum absolute atomic E-state index is 0.940. The summed E-state index contributed by atoms with van der Waals surface area (Å²) >= 11 is 0. The average Bonchev–Trinajstić information content (AvgIpc) is 2.57. The van der Waals surface area contributed by atoms with Gasteiger partial charge in [0, 0.05) is 38.4 Å². The standard InChI is InChI=1S/C18H28N2O/c1-21-18-9-7-17(8-10-18)20-13-11-19(12-14-20)15-16-5-3-2-4-6-16/h7-10,16H,2-6,11-15H2,1H3. The van der Waals surface area contributed by atoms with Crippen molar-refractivity contribution in [2.75, 3.05) is 44.7 Å². The van der Waals surface area contributed by atoms with Crippen molar-refractivity contribution in [2.45, 2.75) is 32.1 Å². The van der Waals surface area contributed by atoms with Crippen LogP contribution in [0.15, 0.2) is 24.3 Å². The molecule has 0 atom stereocenters. The molecule has 116 valence electrons. The SMILES string of the molecule is COc1ccc(N2CCN(CC3CCCCC3)CC2)cc1. The number of piperazine rings is 1. The molecule has 0 unspecified atom stereocenters. The lowest BCUT2D eigenvalue weighted by Gasteiger charge is -2.38. The molecule has 0 spiro atoms. The predicted molar refractivity (Wildman–Crippen MR) is 88.2 cm³/mol. The summed E-state index contributed by atoms with van der Waals surface area (Å²) in [5, 5.41) is 0. The van der Waals surface area contributed by atoms with Crippen molar-refractivity contribution in [3.63, 3.8) is 0 Å². The number of hydrogen-bond acceptors (Lipinski definition) is 3. The molecule has 1 saturated heterocycles. The molecule has 1 saturated carbocycles. The van der Waals surface area contributed by atoms with Crippen molar-refractivity contribution in [2.24, 2.45) is 5.92 Å². The third kappa shape index (κ3) is 3.91. The smallest absolute Gasteiger partial charge is 0.119 e. The lowest BCUT2D eigenvalue weighted by atomic mass is 9.89. The van der Waals surface area contributed by atoms with Crippen molar-refractivity contribution in [3.8, 4) is 5.75 Å². The van der Waals surface area contributed by atoms with Crippen LogP contribution in [-0.4, -0.2) is 44.7 Å². The van der Waals surface area contributed by atoms with Gasteiger partial charge >= 0.3 is 0 Å². The molecular formula is C18H28N2O. The van der Waals surface area contributed by atoms with Crippen molar-refractivity contribution in [1.29, 1.82) is 0 Å². The second kappa shape index (κ2) is 7.17. The highest BCUT2D eigenvalue weighted by molar-refractivity contribution is 5.49. The van der Waals surface area contributed by atoms with E-state index in [9.17, 15) is 0 Å². The molecule has 1 aliphatic carbocycles. The first-order valence-electron chi connectivity index (χ1n) is 8.46. The van der Waals surface area contributed by atoms with Crippen LogP contribution in [0.3, 0.4) is 0 Å². The number of benzene rings is 1. The van der Waals surface area contributed by atoms with E-state index < -0.39 is 0 Å². The Hall–Kier alpha value is -1.22. The van der Waals surface area contributed by atoms with Gasteiger partial charge in [0.15, 0.2) is 0 Å². The first-order chi connectivity index (χ1) is 10.3. The van der Waals surface area contributed by atoms with Crippen LogP contribution in [-0.2, 0) is 0 Å². The van der Waals surface area contributed by atoms with Crippen LogP contribution in [0.25, 0.3) is 0 Å². The molecule has 2 aliphatic rings. The third-order valence-corrected chi connectivity index (χ3v) is 5.05. The van der Waals surface area contributed by atoms with Crippen molar-refractivity contribution >= 4 is 5.69 Å². The van der Waals surface area contributed by atoms with Crippen molar-refractivity contribution in [3.05, 3.63) is 24.3 Å². The van der Waals surface area contributed by atoms with Crippen LogP contribution < -0.4 is 9.64 Å². The minimum atomic E-state index is 0.940. The Balaban J connectivity index is 1.47. The van der Waals surface area contributed by atoms with Gasteiger partial charge < -0.3 is 9.64 Å². The van der Waals surface area contributed by atoms with E-state index in [2.05, 4.69) is 34.1 Å².